The van der Waals surface area contributed by atoms with Gasteiger partial charge < -0.3 is 19.3 Å². The normalized spacial score (nSPS) is 18.6. The first-order valence-electron chi connectivity index (χ1n) is 11.2. The molecule has 1 aliphatic heterocycles. The van der Waals surface area contributed by atoms with E-state index in [4.69, 9.17) is 9.26 Å². The number of allylic oxidation sites excluding steroid dienone is 1. The van der Waals surface area contributed by atoms with Gasteiger partial charge in [-0.15, -0.1) is 0 Å². The Bertz CT molecular complexity index is 1340. The Balaban J connectivity index is 1.48. The summed E-state index contributed by atoms with van der Waals surface area (Å²) < 4.78 is 11.2. The lowest BCUT2D eigenvalue weighted by Gasteiger charge is -2.26. The molecule has 2 aromatic carbocycles. The van der Waals surface area contributed by atoms with Gasteiger partial charge in [0.2, 0.25) is 5.82 Å². The van der Waals surface area contributed by atoms with Crippen LogP contribution in [0.25, 0.3) is 22.8 Å². The smallest absolute Gasteiger partial charge is 0.323 e. The molecule has 0 spiro atoms. The molecule has 0 radical (unpaired) electrons. The third kappa shape index (κ3) is 3.69. The first kappa shape index (κ1) is 21.7. The van der Waals surface area contributed by atoms with Gasteiger partial charge in [-0.25, -0.2) is 0 Å². The van der Waals surface area contributed by atoms with Crippen LogP contribution >= 0.6 is 0 Å². The van der Waals surface area contributed by atoms with Crippen LogP contribution < -0.4 is 4.74 Å². The van der Waals surface area contributed by atoms with Gasteiger partial charge in [0.1, 0.15) is 18.4 Å². The maximum Gasteiger partial charge on any atom is 0.323 e. The van der Waals surface area contributed by atoms with E-state index >= 15 is 0 Å². The number of rotatable bonds is 6. The second-order valence-electron chi connectivity index (χ2n) is 8.99. The third-order valence-electron chi connectivity index (χ3n) is 6.37. The molecule has 8 heteroatoms. The van der Waals surface area contributed by atoms with Gasteiger partial charge in [0.15, 0.2) is 0 Å². The minimum Gasteiger partial charge on any atom is -0.490 e. The lowest BCUT2D eigenvalue weighted by Crippen LogP contribution is -2.28. The number of likely N-dealkylation sites (tertiary alicyclic amines) is 1. The predicted molar refractivity (Wildman–Crippen MR) is 124 cm³/mol. The standard InChI is InChI=1S/C26H24N4O4/c1-14(2)33-22-8-7-16(10-18(22)12-27)26-28-25(29-34-26)20-6-4-5-19-21(20)11-17-9-15(3)30(24(17)19)13-23(31)32/h4-8,10,14,17,24H,3,9,11,13H2,1-2H3,(H,31,32). The molecule has 1 aliphatic carbocycles. The SMILES string of the molecule is C=C1CC2Cc3c(-c4noc(-c5ccc(OC(C)C)c(C#N)c5)n4)cccc3C2N1CC(=O)O. The van der Waals surface area contributed by atoms with E-state index in [9.17, 15) is 15.2 Å². The number of aromatic nitrogens is 2. The first-order chi connectivity index (χ1) is 16.4. The van der Waals surface area contributed by atoms with Crippen molar-refractivity contribution >= 4 is 5.97 Å². The summed E-state index contributed by atoms with van der Waals surface area (Å²) >= 11 is 0. The zero-order chi connectivity index (χ0) is 24.0. The third-order valence-corrected chi connectivity index (χ3v) is 6.37. The molecule has 2 atom stereocenters. The maximum atomic E-state index is 11.4. The summed E-state index contributed by atoms with van der Waals surface area (Å²) in [5.74, 6) is 0.716. The van der Waals surface area contributed by atoms with Crippen LogP contribution in [0.5, 0.6) is 5.75 Å². The molecule has 1 aromatic heterocycles. The van der Waals surface area contributed by atoms with E-state index in [0.29, 0.717) is 28.6 Å². The second kappa shape index (κ2) is 8.34. The summed E-state index contributed by atoms with van der Waals surface area (Å²) in [6.45, 7) is 7.84. The van der Waals surface area contributed by atoms with Crippen molar-refractivity contribution in [3.63, 3.8) is 0 Å². The number of aliphatic carboxylic acids is 1. The lowest BCUT2D eigenvalue weighted by atomic mass is 10.0. The zero-order valence-corrected chi connectivity index (χ0v) is 19.0. The van der Waals surface area contributed by atoms with Crippen molar-refractivity contribution < 1.29 is 19.2 Å². The van der Waals surface area contributed by atoms with Crippen molar-refractivity contribution in [3.8, 4) is 34.7 Å². The molecule has 0 amide bonds. The Morgan fingerprint density at radius 3 is 2.91 bits per heavy atom. The number of nitriles is 1. The molecule has 1 fully saturated rings. The monoisotopic (exact) mass is 456 g/mol. The fourth-order valence-electron chi connectivity index (χ4n) is 5.08. The average Bonchev–Trinajstić information content (AvgIpc) is 3.48. The molecule has 2 heterocycles. The number of carbonyl (C=O) groups is 1. The molecule has 2 aliphatic rings. The van der Waals surface area contributed by atoms with Crippen LogP contribution in [-0.4, -0.2) is 38.8 Å². The number of benzene rings is 2. The maximum absolute atomic E-state index is 11.4. The average molecular weight is 457 g/mol. The largest absolute Gasteiger partial charge is 0.490 e. The summed E-state index contributed by atoms with van der Waals surface area (Å²) in [5, 5.41) is 23.1. The number of ether oxygens (including phenoxy) is 1. The molecule has 1 saturated heterocycles. The van der Waals surface area contributed by atoms with E-state index in [-0.39, 0.29) is 24.6 Å². The van der Waals surface area contributed by atoms with Crippen molar-refractivity contribution in [1.29, 1.82) is 5.26 Å². The molecular formula is C26H24N4O4. The number of hydrogen-bond donors (Lipinski definition) is 1. The van der Waals surface area contributed by atoms with Crippen LogP contribution in [0, 0.1) is 17.2 Å². The van der Waals surface area contributed by atoms with Gasteiger partial charge in [-0.05, 0) is 61.9 Å². The minimum absolute atomic E-state index is 0.00314. The molecule has 3 aromatic rings. The summed E-state index contributed by atoms with van der Waals surface area (Å²) in [7, 11) is 0. The molecule has 172 valence electrons. The Morgan fingerprint density at radius 1 is 1.35 bits per heavy atom. The summed E-state index contributed by atoms with van der Waals surface area (Å²) in [5.41, 5.74) is 5.00. The summed E-state index contributed by atoms with van der Waals surface area (Å²) in [4.78, 5) is 17.9. The molecule has 1 N–H and O–H groups in total. The van der Waals surface area contributed by atoms with Crippen LogP contribution in [0.4, 0.5) is 0 Å². The molecular weight excluding hydrogens is 432 g/mol. The van der Waals surface area contributed by atoms with Gasteiger partial charge in [-0.1, -0.05) is 29.9 Å². The zero-order valence-electron chi connectivity index (χ0n) is 19.0. The summed E-state index contributed by atoms with van der Waals surface area (Å²) in [6, 6.07) is 13.3. The van der Waals surface area contributed by atoms with Crippen molar-refractivity contribution in [2.24, 2.45) is 5.92 Å². The van der Waals surface area contributed by atoms with Crippen LogP contribution in [0.3, 0.4) is 0 Å². The van der Waals surface area contributed by atoms with E-state index in [1.54, 1.807) is 18.2 Å². The van der Waals surface area contributed by atoms with Crippen LogP contribution in [0.15, 0.2) is 53.2 Å². The Hall–Kier alpha value is -4.12. The van der Waals surface area contributed by atoms with Crippen molar-refractivity contribution in [3.05, 3.63) is 65.4 Å². The van der Waals surface area contributed by atoms with Crippen molar-refractivity contribution in [1.82, 2.24) is 15.0 Å². The van der Waals surface area contributed by atoms with Crippen LogP contribution in [-0.2, 0) is 11.2 Å². The molecule has 8 nitrogen and oxygen atoms in total. The van der Waals surface area contributed by atoms with E-state index in [0.717, 1.165) is 35.2 Å². The molecule has 0 saturated carbocycles. The van der Waals surface area contributed by atoms with Crippen LogP contribution in [0.2, 0.25) is 0 Å². The Labute approximate surface area is 197 Å². The summed E-state index contributed by atoms with van der Waals surface area (Å²) in [6.07, 6.45) is 1.52. The Kier molecular flexibility index (Phi) is 5.33. The van der Waals surface area contributed by atoms with Gasteiger partial charge in [0.05, 0.1) is 17.7 Å². The highest BCUT2D eigenvalue weighted by atomic mass is 16.5. The quantitative estimate of drug-likeness (QED) is 0.574. The number of fused-ring (bicyclic) bond motifs is 3. The van der Waals surface area contributed by atoms with Crippen molar-refractivity contribution in [2.75, 3.05) is 6.54 Å². The first-order valence-corrected chi connectivity index (χ1v) is 11.2. The number of carboxylic acids is 1. The highest BCUT2D eigenvalue weighted by molar-refractivity contribution is 5.71. The molecule has 34 heavy (non-hydrogen) atoms. The highest BCUT2D eigenvalue weighted by Crippen LogP contribution is 2.51. The highest BCUT2D eigenvalue weighted by Gasteiger charge is 2.44. The van der Waals surface area contributed by atoms with Gasteiger partial charge in [-0.2, -0.15) is 10.2 Å². The van der Waals surface area contributed by atoms with Crippen LogP contribution in [0.1, 0.15) is 43.0 Å². The van der Waals surface area contributed by atoms with E-state index in [1.165, 1.54) is 0 Å². The predicted octanol–water partition coefficient (Wildman–Crippen LogP) is 4.58. The van der Waals surface area contributed by atoms with Crippen molar-refractivity contribution in [2.45, 2.75) is 38.8 Å². The van der Waals surface area contributed by atoms with E-state index in [1.807, 2.05) is 36.9 Å². The fourth-order valence-corrected chi connectivity index (χ4v) is 5.08. The number of hydrogen-bond acceptors (Lipinski definition) is 7. The van der Waals surface area contributed by atoms with Gasteiger partial charge >= 0.3 is 5.97 Å². The lowest BCUT2D eigenvalue weighted by molar-refractivity contribution is -0.138. The van der Waals surface area contributed by atoms with Gasteiger partial charge in [-0.3, -0.25) is 4.79 Å². The fraction of sp³-hybridized carbons (Fsp3) is 0.308. The van der Waals surface area contributed by atoms with Gasteiger partial charge in [0, 0.05) is 16.8 Å². The van der Waals surface area contributed by atoms with Gasteiger partial charge in [0.25, 0.3) is 5.89 Å². The molecule has 5 rings (SSSR count). The number of carboxylic acid groups (broad SMARTS) is 1. The topological polar surface area (TPSA) is 112 Å². The molecule has 2 unspecified atom stereocenters. The minimum atomic E-state index is -0.865. The second-order valence-corrected chi connectivity index (χ2v) is 8.99. The Morgan fingerprint density at radius 2 is 2.18 bits per heavy atom. The van der Waals surface area contributed by atoms with E-state index < -0.39 is 5.97 Å². The number of nitrogens with zero attached hydrogens (tertiary/aromatic N) is 4. The van der Waals surface area contributed by atoms with E-state index in [2.05, 4.69) is 22.8 Å². The molecule has 0 bridgehead atoms.